The number of fused-ring (bicyclic) bond motifs is 1. The standard InChI is InChI=1S/C12H12FNO4/c1-2-17-11(15)9-6-18-12(16)10-7(13)4-3-5-8(10)14-9/h3-5,9,14H,2,6H2,1H3. The van der Waals surface area contributed by atoms with Gasteiger partial charge in [-0.15, -0.1) is 0 Å². The van der Waals surface area contributed by atoms with Gasteiger partial charge >= 0.3 is 11.9 Å². The topological polar surface area (TPSA) is 64.6 Å². The second kappa shape index (κ2) is 5.03. The van der Waals surface area contributed by atoms with Crippen LogP contribution in [0, 0.1) is 5.82 Å². The molecule has 0 spiro atoms. The molecule has 0 fully saturated rings. The van der Waals surface area contributed by atoms with Crippen molar-refractivity contribution in [2.45, 2.75) is 13.0 Å². The quantitative estimate of drug-likeness (QED) is 0.806. The maximum Gasteiger partial charge on any atom is 0.343 e. The third-order valence-electron chi connectivity index (χ3n) is 2.50. The molecule has 0 aliphatic carbocycles. The Kier molecular flexibility index (Phi) is 3.45. The smallest absolute Gasteiger partial charge is 0.343 e. The molecule has 1 aliphatic rings. The van der Waals surface area contributed by atoms with Crippen LogP contribution >= 0.6 is 0 Å². The summed E-state index contributed by atoms with van der Waals surface area (Å²) in [6.45, 7) is 1.71. The molecule has 0 aromatic heterocycles. The van der Waals surface area contributed by atoms with E-state index in [0.717, 1.165) is 6.07 Å². The van der Waals surface area contributed by atoms with Crippen LogP contribution in [0.3, 0.4) is 0 Å². The molecule has 96 valence electrons. The third-order valence-corrected chi connectivity index (χ3v) is 2.50. The lowest BCUT2D eigenvalue weighted by Gasteiger charge is -2.14. The van der Waals surface area contributed by atoms with Gasteiger partial charge in [0, 0.05) is 0 Å². The molecule has 18 heavy (non-hydrogen) atoms. The molecule has 1 heterocycles. The van der Waals surface area contributed by atoms with E-state index in [2.05, 4.69) is 5.32 Å². The molecule has 5 nitrogen and oxygen atoms in total. The van der Waals surface area contributed by atoms with Crippen LogP contribution in [0.4, 0.5) is 10.1 Å². The number of rotatable bonds is 2. The molecule has 1 N–H and O–H groups in total. The van der Waals surface area contributed by atoms with E-state index in [1.807, 2.05) is 0 Å². The van der Waals surface area contributed by atoms with Gasteiger partial charge in [-0.25, -0.2) is 14.0 Å². The number of nitrogens with one attached hydrogen (secondary N) is 1. The summed E-state index contributed by atoms with van der Waals surface area (Å²) < 4.78 is 23.2. The Bertz CT molecular complexity index is 489. The summed E-state index contributed by atoms with van der Waals surface area (Å²) in [5.74, 6) is -2.01. The first kappa shape index (κ1) is 12.3. The minimum Gasteiger partial charge on any atom is -0.464 e. The first-order chi connectivity index (χ1) is 8.63. The Hall–Kier alpha value is -2.11. The van der Waals surface area contributed by atoms with Gasteiger partial charge in [0.15, 0.2) is 6.04 Å². The molecule has 1 aromatic rings. The van der Waals surface area contributed by atoms with Crippen molar-refractivity contribution in [3.8, 4) is 0 Å². The maximum absolute atomic E-state index is 13.5. The van der Waals surface area contributed by atoms with E-state index in [1.54, 1.807) is 6.92 Å². The Balaban J connectivity index is 2.31. The van der Waals surface area contributed by atoms with Gasteiger partial charge in [-0.05, 0) is 19.1 Å². The summed E-state index contributed by atoms with van der Waals surface area (Å²) >= 11 is 0. The zero-order chi connectivity index (χ0) is 13.1. The van der Waals surface area contributed by atoms with Crippen molar-refractivity contribution < 1.29 is 23.5 Å². The Morgan fingerprint density at radius 3 is 3.11 bits per heavy atom. The van der Waals surface area contributed by atoms with Crippen LogP contribution in [0.5, 0.6) is 0 Å². The molecule has 2 rings (SSSR count). The van der Waals surface area contributed by atoms with E-state index in [-0.39, 0.29) is 24.5 Å². The van der Waals surface area contributed by atoms with Crippen molar-refractivity contribution in [3.63, 3.8) is 0 Å². The predicted molar refractivity (Wildman–Crippen MR) is 60.7 cm³/mol. The summed E-state index contributed by atoms with van der Waals surface area (Å²) in [4.78, 5) is 23.2. The minimum absolute atomic E-state index is 0.189. The second-order valence-corrected chi connectivity index (χ2v) is 3.71. The second-order valence-electron chi connectivity index (χ2n) is 3.71. The van der Waals surface area contributed by atoms with Crippen LogP contribution in [0.1, 0.15) is 17.3 Å². The summed E-state index contributed by atoms with van der Waals surface area (Å²) in [5, 5.41) is 2.75. The van der Waals surface area contributed by atoms with Crippen molar-refractivity contribution in [3.05, 3.63) is 29.6 Å². The number of carbonyl (C=O) groups is 2. The summed E-state index contributed by atoms with van der Waals surface area (Å²) in [5.41, 5.74) is 0.0415. The van der Waals surface area contributed by atoms with Crippen LogP contribution in [0.2, 0.25) is 0 Å². The highest BCUT2D eigenvalue weighted by molar-refractivity contribution is 5.98. The van der Waals surface area contributed by atoms with Crippen molar-refractivity contribution in [1.29, 1.82) is 0 Å². The van der Waals surface area contributed by atoms with Crippen molar-refractivity contribution in [2.24, 2.45) is 0 Å². The molecule has 6 heteroatoms. The lowest BCUT2D eigenvalue weighted by molar-refractivity contribution is -0.144. The number of ether oxygens (including phenoxy) is 2. The highest BCUT2D eigenvalue weighted by Crippen LogP contribution is 2.23. The average molecular weight is 253 g/mol. The molecule has 1 aromatic carbocycles. The molecule has 0 saturated carbocycles. The largest absolute Gasteiger partial charge is 0.464 e. The van der Waals surface area contributed by atoms with Gasteiger partial charge in [-0.2, -0.15) is 0 Å². The van der Waals surface area contributed by atoms with Gasteiger partial charge < -0.3 is 14.8 Å². The zero-order valence-electron chi connectivity index (χ0n) is 9.73. The number of halogens is 1. The van der Waals surface area contributed by atoms with Gasteiger partial charge in [-0.3, -0.25) is 0 Å². The number of hydrogen-bond acceptors (Lipinski definition) is 5. The molecular formula is C12H12FNO4. The maximum atomic E-state index is 13.5. The number of benzene rings is 1. The first-order valence-electron chi connectivity index (χ1n) is 5.52. The highest BCUT2D eigenvalue weighted by atomic mass is 19.1. The fraction of sp³-hybridized carbons (Fsp3) is 0.333. The van der Waals surface area contributed by atoms with Gasteiger partial charge in [0.25, 0.3) is 0 Å². The van der Waals surface area contributed by atoms with Gasteiger partial charge in [0.2, 0.25) is 0 Å². The fourth-order valence-corrected chi connectivity index (χ4v) is 1.68. The summed E-state index contributed by atoms with van der Waals surface area (Å²) in [6.07, 6.45) is 0. The van der Waals surface area contributed by atoms with E-state index in [9.17, 15) is 14.0 Å². The van der Waals surface area contributed by atoms with Crippen molar-refractivity contribution >= 4 is 17.6 Å². The lowest BCUT2D eigenvalue weighted by Crippen LogP contribution is -2.34. The van der Waals surface area contributed by atoms with Crippen LogP contribution in [-0.2, 0) is 14.3 Å². The zero-order valence-corrected chi connectivity index (χ0v) is 9.73. The molecule has 0 amide bonds. The predicted octanol–water partition coefficient (Wildman–Crippen LogP) is 1.34. The van der Waals surface area contributed by atoms with E-state index in [0.29, 0.717) is 0 Å². The van der Waals surface area contributed by atoms with Crippen LogP contribution < -0.4 is 5.32 Å². The monoisotopic (exact) mass is 253 g/mol. The number of esters is 2. The van der Waals surface area contributed by atoms with Crippen LogP contribution in [0.25, 0.3) is 0 Å². The van der Waals surface area contributed by atoms with Gasteiger partial charge in [0.1, 0.15) is 18.0 Å². The number of hydrogen-bond donors (Lipinski definition) is 1. The Morgan fingerprint density at radius 2 is 2.39 bits per heavy atom. The van der Waals surface area contributed by atoms with Gasteiger partial charge in [0.05, 0.1) is 12.3 Å². The third kappa shape index (κ3) is 2.27. The number of cyclic esters (lactones) is 1. The molecule has 1 unspecified atom stereocenters. The number of anilines is 1. The van der Waals surface area contributed by atoms with Crippen molar-refractivity contribution in [1.82, 2.24) is 0 Å². The average Bonchev–Trinajstić information content (AvgIpc) is 2.50. The van der Waals surface area contributed by atoms with E-state index >= 15 is 0 Å². The molecule has 0 saturated heterocycles. The van der Waals surface area contributed by atoms with Crippen LogP contribution in [0.15, 0.2) is 18.2 Å². The lowest BCUT2D eigenvalue weighted by atomic mass is 10.1. The summed E-state index contributed by atoms with van der Waals surface area (Å²) in [6, 6.07) is 3.29. The normalized spacial score (nSPS) is 18.1. The van der Waals surface area contributed by atoms with E-state index in [1.165, 1.54) is 12.1 Å². The Labute approximate surface area is 103 Å². The van der Waals surface area contributed by atoms with E-state index < -0.39 is 23.8 Å². The molecule has 0 radical (unpaired) electrons. The fourth-order valence-electron chi connectivity index (χ4n) is 1.68. The molecular weight excluding hydrogens is 241 g/mol. The molecule has 1 atom stereocenters. The first-order valence-corrected chi connectivity index (χ1v) is 5.52. The van der Waals surface area contributed by atoms with Crippen LogP contribution in [-0.4, -0.2) is 31.2 Å². The summed E-state index contributed by atoms with van der Waals surface area (Å²) in [7, 11) is 0. The van der Waals surface area contributed by atoms with Gasteiger partial charge in [-0.1, -0.05) is 6.07 Å². The number of carbonyl (C=O) groups excluding carboxylic acids is 2. The SMILES string of the molecule is CCOC(=O)C1COC(=O)c2c(F)cccc2N1. The highest BCUT2D eigenvalue weighted by Gasteiger charge is 2.29. The Morgan fingerprint density at radius 1 is 1.61 bits per heavy atom. The minimum atomic E-state index is -0.822. The molecule has 0 bridgehead atoms. The molecule has 1 aliphatic heterocycles. The van der Waals surface area contributed by atoms with E-state index in [4.69, 9.17) is 9.47 Å². The van der Waals surface area contributed by atoms with Crippen molar-refractivity contribution in [2.75, 3.05) is 18.5 Å².